The molecule has 1 unspecified atom stereocenters. The van der Waals surface area contributed by atoms with E-state index in [2.05, 4.69) is 5.32 Å². The molecule has 0 aromatic heterocycles. The lowest BCUT2D eigenvalue weighted by molar-refractivity contribution is -0.0651. The first-order chi connectivity index (χ1) is 13.3. The smallest absolute Gasteiger partial charge is 0.318 e. The third-order valence-corrected chi connectivity index (χ3v) is 5.38. The van der Waals surface area contributed by atoms with Crippen LogP contribution in [0.2, 0.25) is 10.0 Å². The van der Waals surface area contributed by atoms with E-state index in [1.165, 1.54) is 0 Å². The molecule has 0 spiro atoms. The fraction of sp³-hybridized carbons (Fsp3) is 0.381. The van der Waals surface area contributed by atoms with E-state index in [0.717, 1.165) is 11.1 Å². The number of rotatable bonds is 6. The van der Waals surface area contributed by atoms with Gasteiger partial charge >= 0.3 is 6.03 Å². The Bertz CT molecular complexity index is 821. The number of carbonyl (C=O) groups excluding carboxylic acids is 1. The van der Waals surface area contributed by atoms with E-state index in [1.54, 1.807) is 4.90 Å². The van der Waals surface area contributed by atoms with Crippen molar-refractivity contribution in [2.45, 2.75) is 31.6 Å². The molecule has 2 aromatic carbocycles. The Labute approximate surface area is 175 Å². The quantitative estimate of drug-likeness (QED) is 0.732. The molecule has 0 aliphatic carbocycles. The summed E-state index contributed by atoms with van der Waals surface area (Å²) in [5, 5.41) is 4.23. The van der Waals surface area contributed by atoms with Crippen molar-refractivity contribution in [3.8, 4) is 0 Å². The molecule has 1 aliphatic rings. The monoisotopic (exact) mass is 421 g/mol. The van der Waals surface area contributed by atoms with Gasteiger partial charge in [0.1, 0.15) is 6.10 Å². The van der Waals surface area contributed by atoms with Gasteiger partial charge in [-0.3, -0.25) is 0 Å². The van der Waals surface area contributed by atoms with E-state index in [-0.39, 0.29) is 18.2 Å². The van der Waals surface area contributed by atoms with E-state index in [4.69, 9.17) is 33.7 Å². The molecule has 5 nitrogen and oxygen atoms in total. The second-order valence-electron chi connectivity index (χ2n) is 7.63. The molecule has 1 saturated heterocycles. The maximum atomic E-state index is 12.3. The van der Waals surface area contributed by atoms with Crippen LogP contribution < -0.4 is 11.1 Å². The van der Waals surface area contributed by atoms with Crippen LogP contribution in [0.5, 0.6) is 0 Å². The molecule has 0 radical (unpaired) electrons. The van der Waals surface area contributed by atoms with Crippen molar-refractivity contribution < 1.29 is 9.53 Å². The van der Waals surface area contributed by atoms with Crippen molar-refractivity contribution in [1.82, 2.24) is 10.2 Å². The van der Waals surface area contributed by atoms with E-state index >= 15 is 0 Å². The van der Waals surface area contributed by atoms with Crippen molar-refractivity contribution >= 4 is 29.2 Å². The molecular formula is C21H25Cl2N3O2. The standard InChI is InChI=1S/C21H25Cl2N3O2/c1-21(2,13-24)25-20(27)26-11-16(12-26)28-19(14-7-9-15(22)10-8-14)17-5-3-4-6-18(17)23/h3-10,16,19H,11-13,24H2,1-2H3,(H,25,27). The van der Waals surface area contributed by atoms with E-state index in [0.29, 0.717) is 29.7 Å². The summed E-state index contributed by atoms with van der Waals surface area (Å²) in [6, 6.07) is 15.0. The zero-order chi connectivity index (χ0) is 20.3. The molecule has 2 amide bonds. The lowest BCUT2D eigenvalue weighted by atomic mass is 10.0. The molecule has 1 heterocycles. The summed E-state index contributed by atoms with van der Waals surface area (Å²) in [6.07, 6.45) is -0.412. The number of halogens is 2. The first-order valence-corrected chi connectivity index (χ1v) is 9.97. The van der Waals surface area contributed by atoms with Crippen LogP contribution in [0.4, 0.5) is 4.79 Å². The van der Waals surface area contributed by atoms with Gasteiger partial charge in [0.15, 0.2) is 0 Å². The number of hydrogen-bond donors (Lipinski definition) is 2. The number of ether oxygens (including phenoxy) is 1. The Kier molecular flexibility index (Phi) is 6.50. The topological polar surface area (TPSA) is 67.6 Å². The number of nitrogens with one attached hydrogen (secondary N) is 1. The molecule has 150 valence electrons. The first kappa shape index (κ1) is 20.9. The third kappa shape index (κ3) is 4.97. The number of carbonyl (C=O) groups is 1. The average Bonchev–Trinajstić information content (AvgIpc) is 2.62. The van der Waals surface area contributed by atoms with Crippen LogP contribution in [0.15, 0.2) is 48.5 Å². The molecule has 3 rings (SSSR count). The zero-order valence-corrected chi connectivity index (χ0v) is 17.5. The number of urea groups is 1. The molecule has 1 fully saturated rings. The Morgan fingerprint density at radius 3 is 2.46 bits per heavy atom. The van der Waals surface area contributed by atoms with Crippen molar-refractivity contribution in [3.05, 3.63) is 69.7 Å². The van der Waals surface area contributed by atoms with Gasteiger partial charge < -0.3 is 20.7 Å². The summed E-state index contributed by atoms with van der Waals surface area (Å²) < 4.78 is 6.34. The number of likely N-dealkylation sites (tertiary alicyclic amines) is 1. The van der Waals surface area contributed by atoms with Crippen LogP contribution in [0.1, 0.15) is 31.1 Å². The van der Waals surface area contributed by atoms with Gasteiger partial charge in [0, 0.05) is 27.7 Å². The summed E-state index contributed by atoms with van der Waals surface area (Å²) in [7, 11) is 0. The minimum atomic E-state index is -0.438. The second kappa shape index (κ2) is 8.70. The highest BCUT2D eigenvalue weighted by Gasteiger charge is 2.35. The lowest BCUT2D eigenvalue weighted by Gasteiger charge is -2.42. The van der Waals surface area contributed by atoms with Crippen LogP contribution in [0.25, 0.3) is 0 Å². The zero-order valence-electron chi connectivity index (χ0n) is 16.0. The predicted octanol–water partition coefficient (Wildman–Crippen LogP) is 4.23. The third-order valence-electron chi connectivity index (χ3n) is 4.78. The van der Waals surface area contributed by atoms with Crippen molar-refractivity contribution in [3.63, 3.8) is 0 Å². The van der Waals surface area contributed by atoms with Gasteiger partial charge in [-0.15, -0.1) is 0 Å². The van der Waals surface area contributed by atoms with E-state index in [9.17, 15) is 4.79 Å². The van der Waals surface area contributed by atoms with Crippen LogP contribution >= 0.6 is 23.2 Å². The Balaban J connectivity index is 1.69. The number of amides is 2. The fourth-order valence-electron chi connectivity index (χ4n) is 2.96. The van der Waals surface area contributed by atoms with Gasteiger partial charge in [-0.05, 0) is 37.6 Å². The normalized spacial score (nSPS) is 15.8. The summed E-state index contributed by atoms with van der Waals surface area (Å²) >= 11 is 12.4. The van der Waals surface area contributed by atoms with E-state index in [1.807, 2.05) is 62.4 Å². The minimum absolute atomic E-state index is 0.0799. The molecule has 3 N–H and O–H groups in total. The average molecular weight is 422 g/mol. The molecule has 2 aromatic rings. The molecule has 1 aliphatic heterocycles. The first-order valence-electron chi connectivity index (χ1n) is 9.21. The van der Waals surface area contributed by atoms with Gasteiger partial charge in [0.25, 0.3) is 0 Å². The van der Waals surface area contributed by atoms with Crippen molar-refractivity contribution in [2.75, 3.05) is 19.6 Å². The summed E-state index contributed by atoms with van der Waals surface area (Å²) in [6.45, 7) is 5.19. The van der Waals surface area contributed by atoms with Gasteiger partial charge in [-0.25, -0.2) is 4.79 Å². The van der Waals surface area contributed by atoms with Crippen molar-refractivity contribution in [1.29, 1.82) is 0 Å². The molecular weight excluding hydrogens is 397 g/mol. The van der Waals surface area contributed by atoms with Gasteiger partial charge in [-0.1, -0.05) is 53.5 Å². The minimum Gasteiger partial charge on any atom is -0.362 e. The van der Waals surface area contributed by atoms with E-state index < -0.39 is 5.54 Å². The fourth-order valence-corrected chi connectivity index (χ4v) is 3.32. The summed E-state index contributed by atoms with van der Waals surface area (Å²) in [5.41, 5.74) is 7.09. The highest BCUT2D eigenvalue weighted by atomic mass is 35.5. The van der Waals surface area contributed by atoms with Gasteiger partial charge in [0.2, 0.25) is 0 Å². The van der Waals surface area contributed by atoms with Gasteiger partial charge in [-0.2, -0.15) is 0 Å². The number of nitrogens with zero attached hydrogens (tertiary/aromatic N) is 1. The summed E-state index contributed by atoms with van der Waals surface area (Å²) in [5.74, 6) is 0. The van der Waals surface area contributed by atoms with Crippen LogP contribution in [0, 0.1) is 0 Å². The van der Waals surface area contributed by atoms with Gasteiger partial charge in [0.05, 0.1) is 19.2 Å². The van der Waals surface area contributed by atoms with Crippen LogP contribution in [-0.2, 0) is 4.74 Å². The molecule has 7 heteroatoms. The lowest BCUT2D eigenvalue weighted by Crippen LogP contribution is -2.62. The Morgan fingerprint density at radius 2 is 1.86 bits per heavy atom. The SMILES string of the molecule is CC(C)(CN)NC(=O)N1CC(OC(c2ccc(Cl)cc2)c2ccccc2Cl)C1. The maximum absolute atomic E-state index is 12.3. The molecule has 1 atom stereocenters. The maximum Gasteiger partial charge on any atom is 0.318 e. The second-order valence-corrected chi connectivity index (χ2v) is 8.48. The largest absolute Gasteiger partial charge is 0.362 e. The molecule has 0 bridgehead atoms. The molecule has 28 heavy (non-hydrogen) atoms. The Morgan fingerprint density at radius 1 is 1.21 bits per heavy atom. The van der Waals surface area contributed by atoms with Crippen molar-refractivity contribution in [2.24, 2.45) is 5.73 Å². The highest BCUT2D eigenvalue weighted by molar-refractivity contribution is 6.31. The predicted molar refractivity (Wildman–Crippen MR) is 113 cm³/mol. The molecule has 0 saturated carbocycles. The summed E-state index contributed by atoms with van der Waals surface area (Å²) in [4.78, 5) is 14.0. The number of benzene rings is 2. The number of nitrogens with two attached hydrogens (primary N) is 1. The number of hydrogen-bond acceptors (Lipinski definition) is 3. The highest BCUT2D eigenvalue weighted by Crippen LogP contribution is 2.34. The van der Waals surface area contributed by atoms with Crippen LogP contribution in [0.3, 0.4) is 0 Å². The van der Waals surface area contributed by atoms with Crippen LogP contribution in [-0.4, -0.2) is 42.2 Å². The Hall–Kier alpha value is -1.79.